The van der Waals surface area contributed by atoms with Crippen LogP contribution in [0, 0.1) is 12.8 Å². The second-order valence-electron chi connectivity index (χ2n) is 3.83. The Bertz CT molecular complexity index is 344. The zero-order chi connectivity index (χ0) is 11.4. The van der Waals surface area contributed by atoms with Crippen LogP contribution in [-0.4, -0.2) is 27.6 Å². The molecule has 1 aromatic heterocycles. The summed E-state index contributed by atoms with van der Waals surface area (Å²) in [4.78, 5) is 11.6. The van der Waals surface area contributed by atoms with Crippen LogP contribution >= 0.6 is 0 Å². The minimum Gasteiger partial charge on any atom is -0.461 e. The van der Waals surface area contributed by atoms with E-state index in [-0.39, 0.29) is 5.97 Å². The number of rotatable bonds is 4. The second-order valence-corrected chi connectivity index (χ2v) is 3.83. The van der Waals surface area contributed by atoms with E-state index < -0.39 is 0 Å². The van der Waals surface area contributed by atoms with Gasteiger partial charge in [-0.25, -0.2) is 9.48 Å². The van der Waals surface area contributed by atoms with Gasteiger partial charge in [0.05, 0.1) is 12.3 Å². The number of nitrogens with zero attached hydrogens (tertiary/aromatic N) is 3. The first-order valence-corrected chi connectivity index (χ1v) is 5.13. The Labute approximate surface area is 89.4 Å². The van der Waals surface area contributed by atoms with Crippen molar-refractivity contribution in [3.05, 3.63) is 11.4 Å². The largest absolute Gasteiger partial charge is 0.461 e. The minimum atomic E-state index is -0.388. The van der Waals surface area contributed by atoms with Gasteiger partial charge in [0.25, 0.3) is 0 Å². The van der Waals surface area contributed by atoms with Gasteiger partial charge in [-0.15, -0.1) is 5.10 Å². The van der Waals surface area contributed by atoms with Crippen LogP contribution in [0.5, 0.6) is 0 Å². The summed E-state index contributed by atoms with van der Waals surface area (Å²) < 4.78 is 6.75. The molecule has 0 amide bonds. The van der Waals surface area contributed by atoms with E-state index in [1.54, 1.807) is 4.68 Å². The SMILES string of the molecule is CCn1nnc(C(=O)OCC(C)C)c1C. The molecule has 1 rings (SSSR count). The highest BCUT2D eigenvalue weighted by molar-refractivity contribution is 5.88. The van der Waals surface area contributed by atoms with E-state index in [9.17, 15) is 4.79 Å². The fraction of sp³-hybridized carbons (Fsp3) is 0.700. The van der Waals surface area contributed by atoms with Gasteiger partial charge in [-0.2, -0.15) is 0 Å². The molecule has 0 bridgehead atoms. The molecule has 0 aliphatic carbocycles. The van der Waals surface area contributed by atoms with Crippen LogP contribution in [0.25, 0.3) is 0 Å². The van der Waals surface area contributed by atoms with Crippen molar-refractivity contribution < 1.29 is 9.53 Å². The summed E-state index contributed by atoms with van der Waals surface area (Å²) in [6.07, 6.45) is 0. The molecule has 0 saturated carbocycles. The summed E-state index contributed by atoms with van der Waals surface area (Å²) in [5.41, 5.74) is 1.07. The molecule has 0 N–H and O–H groups in total. The molecule has 0 fully saturated rings. The Morgan fingerprint density at radius 2 is 2.20 bits per heavy atom. The molecule has 0 atom stereocenters. The van der Waals surface area contributed by atoms with Crippen LogP contribution < -0.4 is 0 Å². The summed E-state index contributed by atoms with van der Waals surface area (Å²) in [5.74, 6) is -0.0589. The van der Waals surface area contributed by atoms with Crippen molar-refractivity contribution in [3.8, 4) is 0 Å². The predicted molar refractivity (Wildman–Crippen MR) is 55.6 cm³/mol. The number of aryl methyl sites for hydroxylation is 1. The van der Waals surface area contributed by atoms with E-state index in [0.717, 1.165) is 5.69 Å². The van der Waals surface area contributed by atoms with Crippen molar-refractivity contribution in [2.75, 3.05) is 6.61 Å². The maximum atomic E-state index is 11.6. The Hall–Kier alpha value is -1.39. The van der Waals surface area contributed by atoms with Gasteiger partial charge in [0.1, 0.15) is 0 Å². The van der Waals surface area contributed by atoms with Crippen LogP contribution in [0.1, 0.15) is 37.0 Å². The normalized spacial score (nSPS) is 10.7. The number of aromatic nitrogens is 3. The Kier molecular flexibility index (Phi) is 3.82. The lowest BCUT2D eigenvalue weighted by Gasteiger charge is -2.05. The number of carbonyl (C=O) groups is 1. The van der Waals surface area contributed by atoms with Crippen molar-refractivity contribution in [1.29, 1.82) is 0 Å². The highest BCUT2D eigenvalue weighted by Crippen LogP contribution is 2.06. The van der Waals surface area contributed by atoms with Crippen LogP contribution in [0.4, 0.5) is 0 Å². The molecule has 0 aliphatic heterocycles. The summed E-state index contributed by atoms with van der Waals surface area (Å²) in [7, 11) is 0. The van der Waals surface area contributed by atoms with Crippen molar-refractivity contribution in [1.82, 2.24) is 15.0 Å². The van der Waals surface area contributed by atoms with E-state index in [0.29, 0.717) is 24.8 Å². The fourth-order valence-electron chi connectivity index (χ4n) is 1.16. The van der Waals surface area contributed by atoms with Crippen LogP contribution in [-0.2, 0) is 11.3 Å². The maximum Gasteiger partial charge on any atom is 0.360 e. The minimum absolute atomic E-state index is 0.317. The molecule has 0 saturated heterocycles. The monoisotopic (exact) mass is 211 g/mol. The van der Waals surface area contributed by atoms with Gasteiger partial charge in [-0.3, -0.25) is 0 Å². The summed E-state index contributed by atoms with van der Waals surface area (Å²) in [6.45, 7) is 8.86. The molecule has 5 heteroatoms. The standard InChI is InChI=1S/C10H17N3O2/c1-5-13-8(4)9(11-12-13)10(14)15-6-7(2)3/h7H,5-6H2,1-4H3. The molecule has 0 unspecified atom stereocenters. The van der Waals surface area contributed by atoms with Crippen LogP contribution in [0.15, 0.2) is 0 Å². The first kappa shape index (κ1) is 11.7. The average molecular weight is 211 g/mol. The van der Waals surface area contributed by atoms with E-state index >= 15 is 0 Å². The average Bonchev–Trinajstić information content (AvgIpc) is 2.56. The zero-order valence-electron chi connectivity index (χ0n) is 9.65. The summed E-state index contributed by atoms with van der Waals surface area (Å²) in [6, 6.07) is 0. The third-order valence-electron chi connectivity index (χ3n) is 2.02. The van der Waals surface area contributed by atoms with E-state index in [1.165, 1.54) is 0 Å². The molecule has 0 aromatic carbocycles. The van der Waals surface area contributed by atoms with Crippen molar-refractivity contribution in [2.24, 2.45) is 5.92 Å². The number of carbonyl (C=O) groups excluding carboxylic acids is 1. The van der Waals surface area contributed by atoms with Gasteiger partial charge in [-0.1, -0.05) is 19.1 Å². The van der Waals surface area contributed by atoms with Gasteiger partial charge < -0.3 is 4.74 Å². The second kappa shape index (κ2) is 4.91. The summed E-state index contributed by atoms with van der Waals surface area (Å²) in [5, 5.41) is 7.65. The molecule has 5 nitrogen and oxygen atoms in total. The lowest BCUT2D eigenvalue weighted by atomic mass is 10.2. The lowest BCUT2D eigenvalue weighted by molar-refractivity contribution is 0.0451. The van der Waals surface area contributed by atoms with Crippen molar-refractivity contribution in [2.45, 2.75) is 34.2 Å². The van der Waals surface area contributed by atoms with Crippen molar-refractivity contribution in [3.63, 3.8) is 0 Å². The Morgan fingerprint density at radius 3 is 2.67 bits per heavy atom. The van der Waals surface area contributed by atoms with E-state index in [4.69, 9.17) is 4.74 Å². The number of ether oxygens (including phenoxy) is 1. The van der Waals surface area contributed by atoms with E-state index in [2.05, 4.69) is 10.3 Å². The molecule has 15 heavy (non-hydrogen) atoms. The number of esters is 1. The molecule has 84 valence electrons. The molecular formula is C10H17N3O2. The third kappa shape index (κ3) is 2.78. The Morgan fingerprint density at radius 1 is 1.53 bits per heavy atom. The quantitative estimate of drug-likeness (QED) is 0.707. The number of hydrogen-bond acceptors (Lipinski definition) is 4. The topological polar surface area (TPSA) is 57.0 Å². The highest BCUT2D eigenvalue weighted by atomic mass is 16.5. The van der Waals surface area contributed by atoms with Crippen LogP contribution in [0.3, 0.4) is 0 Å². The van der Waals surface area contributed by atoms with E-state index in [1.807, 2.05) is 27.7 Å². The number of hydrogen-bond donors (Lipinski definition) is 0. The smallest absolute Gasteiger partial charge is 0.360 e. The molecule has 1 heterocycles. The fourth-order valence-corrected chi connectivity index (χ4v) is 1.16. The molecule has 0 spiro atoms. The van der Waals surface area contributed by atoms with Gasteiger partial charge >= 0.3 is 5.97 Å². The van der Waals surface area contributed by atoms with Gasteiger partial charge in [-0.05, 0) is 19.8 Å². The molecule has 1 aromatic rings. The first-order valence-electron chi connectivity index (χ1n) is 5.13. The Balaban J connectivity index is 2.69. The zero-order valence-corrected chi connectivity index (χ0v) is 9.65. The molecule has 0 aliphatic rings. The lowest BCUT2D eigenvalue weighted by Crippen LogP contribution is -2.12. The van der Waals surface area contributed by atoms with Gasteiger partial charge in [0.15, 0.2) is 5.69 Å². The third-order valence-corrected chi connectivity index (χ3v) is 2.02. The van der Waals surface area contributed by atoms with Crippen molar-refractivity contribution >= 4 is 5.97 Å². The predicted octanol–water partition coefficient (Wildman–Crippen LogP) is 1.42. The van der Waals surface area contributed by atoms with Gasteiger partial charge in [0.2, 0.25) is 0 Å². The van der Waals surface area contributed by atoms with Gasteiger partial charge in [0, 0.05) is 6.54 Å². The maximum absolute atomic E-state index is 11.6. The summed E-state index contributed by atoms with van der Waals surface area (Å²) >= 11 is 0. The molecule has 0 radical (unpaired) electrons. The first-order chi connectivity index (χ1) is 7.06. The van der Waals surface area contributed by atoms with Crippen LogP contribution in [0.2, 0.25) is 0 Å². The highest BCUT2D eigenvalue weighted by Gasteiger charge is 2.17. The molecular weight excluding hydrogens is 194 g/mol.